The van der Waals surface area contributed by atoms with Gasteiger partial charge in [0.1, 0.15) is 28.3 Å². The second kappa shape index (κ2) is 15.5. The molecule has 5 rings (SSSR count). The van der Waals surface area contributed by atoms with E-state index in [0.717, 1.165) is 17.0 Å². The molecular weight excluding hydrogens is 724 g/mol. The van der Waals surface area contributed by atoms with E-state index >= 15 is 4.39 Å². The number of hydrogen-bond acceptors (Lipinski definition) is 8. The first-order chi connectivity index (χ1) is 24.7. The van der Waals surface area contributed by atoms with Gasteiger partial charge in [0, 0.05) is 71.5 Å². The zero-order chi connectivity index (χ0) is 39.0. The standard InChI is InChI=1S/C36H43ClF4N6O6/c1-21-15-23(36(39,40)41)17-28(42-21)47-29(48)16-22-18-45(31-26(38)9-7-10-27(31)44(6)33(50)30(22)47)12-8-14-52-24-19-46(20-24)32(49)25(37)11-13-43(5)34(51)53-35(2,3)4/h7,9-11,15,17,22,24,30H,8,12-14,16,18-20H2,1-6H3/b25-11-/t22-,30+/m1/s1. The molecule has 17 heteroatoms. The number of carbonyl (C=O) groups excluding carboxylic acids is 4. The van der Waals surface area contributed by atoms with Crippen LogP contribution in [0.1, 0.15) is 44.9 Å². The third kappa shape index (κ3) is 9.03. The number of halogens is 5. The van der Waals surface area contributed by atoms with Crippen molar-refractivity contribution in [1.29, 1.82) is 0 Å². The Balaban J connectivity index is 1.22. The SMILES string of the molecule is Cc1cc(C(F)(F)F)cc(N2C(=O)C[C@@H]3CN(CCCOC4CN(C(=O)/C(Cl)=C/CN(C)C(=O)OC(C)(C)C)C4)c4c(F)cccc4N(C)C(=O)[C@H]32)n1. The molecule has 2 aromatic rings. The minimum absolute atomic E-state index is 0.0356. The molecule has 12 nitrogen and oxygen atoms in total. The van der Waals surface area contributed by atoms with Gasteiger partial charge in [0.25, 0.3) is 5.91 Å². The molecule has 0 radical (unpaired) electrons. The van der Waals surface area contributed by atoms with Gasteiger partial charge in [-0.05, 0) is 64.5 Å². The topological polar surface area (TPSA) is 116 Å². The van der Waals surface area contributed by atoms with E-state index in [1.165, 1.54) is 53.9 Å². The average molecular weight is 767 g/mol. The van der Waals surface area contributed by atoms with Crippen LogP contribution in [0.3, 0.4) is 0 Å². The predicted octanol–water partition coefficient (Wildman–Crippen LogP) is 5.36. The van der Waals surface area contributed by atoms with E-state index in [-0.39, 0.29) is 66.7 Å². The van der Waals surface area contributed by atoms with Crippen LogP contribution < -0.4 is 14.7 Å². The first-order valence-corrected chi connectivity index (χ1v) is 17.5. The highest BCUT2D eigenvalue weighted by atomic mass is 35.5. The summed E-state index contributed by atoms with van der Waals surface area (Å²) in [4.78, 5) is 63.3. The summed E-state index contributed by atoms with van der Waals surface area (Å²) in [5.74, 6) is -3.06. The van der Waals surface area contributed by atoms with E-state index < -0.39 is 58.9 Å². The van der Waals surface area contributed by atoms with Gasteiger partial charge >= 0.3 is 12.3 Å². The van der Waals surface area contributed by atoms with E-state index in [2.05, 4.69) is 4.98 Å². The molecule has 0 spiro atoms. The molecule has 1 aromatic heterocycles. The van der Waals surface area contributed by atoms with Gasteiger partial charge < -0.3 is 29.1 Å². The molecule has 3 aliphatic rings. The van der Waals surface area contributed by atoms with E-state index in [1.54, 1.807) is 31.7 Å². The number of likely N-dealkylation sites (tertiary alicyclic amines) is 1. The molecule has 1 aromatic carbocycles. The van der Waals surface area contributed by atoms with Crippen molar-refractivity contribution >= 4 is 52.6 Å². The Morgan fingerprint density at radius 1 is 1.11 bits per heavy atom. The van der Waals surface area contributed by atoms with Crippen molar-refractivity contribution in [3.05, 3.63) is 58.5 Å². The van der Waals surface area contributed by atoms with Gasteiger partial charge in [0.15, 0.2) is 0 Å². The Kier molecular flexibility index (Phi) is 11.6. The van der Waals surface area contributed by atoms with Crippen LogP contribution in [0.4, 0.5) is 39.5 Å². The largest absolute Gasteiger partial charge is 0.444 e. The predicted molar refractivity (Wildman–Crippen MR) is 189 cm³/mol. The summed E-state index contributed by atoms with van der Waals surface area (Å²) in [7, 11) is 2.98. The molecule has 4 heterocycles. The van der Waals surface area contributed by atoms with Crippen molar-refractivity contribution in [3.8, 4) is 0 Å². The molecular formula is C36H43ClF4N6O6. The summed E-state index contributed by atoms with van der Waals surface area (Å²) in [6.45, 7) is 7.88. The number of pyridine rings is 1. The lowest BCUT2D eigenvalue weighted by Crippen LogP contribution is -2.55. The summed E-state index contributed by atoms with van der Waals surface area (Å²) in [5.41, 5.74) is -1.20. The first-order valence-electron chi connectivity index (χ1n) is 17.1. The molecule has 0 bridgehead atoms. The van der Waals surface area contributed by atoms with Crippen molar-refractivity contribution in [2.75, 3.05) is 68.1 Å². The van der Waals surface area contributed by atoms with E-state index in [9.17, 15) is 32.3 Å². The number of rotatable bonds is 9. The zero-order valence-electron chi connectivity index (χ0n) is 30.4. The molecule has 3 aliphatic heterocycles. The number of para-hydroxylation sites is 1. The number of aryl methyl sites for hydroxylation is 1. The van der Waals surface area contributed by atoms with Gasteiger partial charge in [0.2, 0.25) is 11.8 Å². The van der Waals surface area contributed by atoms with Gasteiger partial charge in [-0.15, -0.1) is 0 Å². The molecule has 4 amide bonds. The van der Waals surface area contributed by atoms with Crippen LogP contribution in [-0.2, 0) is 30.0 Å². The molecule has 2 fully saturated rings. The number of hydrogen-bond donors (Lipinski definition) is 0. The molecule has 0 unspecified atom stereocenters. The van der Waals surface area contributed by atoms with Crippen molar-refractivity contribution in [3.63, 3.8) is 0 Å². The highest BCUT2D eigenvalue weighted by molar-refractivity contribution is 6.42. The van der Waals surface area contributed by atoms with Gasteiger partial charge in [0.05, 0.1) is 23.0 Å². The smallest absolute Gasteiger partial charge is 0.416 e. The Bertz CT molecular complexity index is 1780. The minimum atomic E-state index is -4.69. The highest BCUT2D eigenvalue weighted by Crippen LogP contribution is 2.41. The third-order valence-corrected chi connectivity index (χ3v) is 9.46. The van der Waals surface area contributed by atoms with Gasteiger partial charge in [-0.3, -0.25) is 19.3 Å². The molecule has 2 atom stereocenters. The number of aromatic nitrogens is 1. The van der Waals surface area contributed by atoms with Crippen LogP contribution >= 0.6 is 11.6 Å². The molecule has 0 N–H and O–H groups in total. The van der Waals surface area contributed by atoms with Gasteiger partial charge in [-0.2, -0.15) is 13.2 Å². The number of fused-ring (bicyclic) bond motifs is 2. The van der Waals surface area contributed by atoms with Crippen LogP contribution in [0.2, 0.25) is 0 Å². The Morgan fingerprint density at radius 2 is 1.81 bits per heavy atom. The number of likely N-dealkylation sites (N-methyl/N-ethyl adjacent to an activating group) is 2. The Labute approximate surface area is 310 Å². The van der Waals surface area contributed by atoms with E-state index in [4.69, 9.17) is 21.1 Å². The van der Waals surface area contributed by atoms with Gasteiger partial charge in [-0.25, -0.2) is 14.2 Å². The number of ether oxygens (including phenoxy) is 2. The maximum Gasteiger partial charge on any atom is 0.416 e. The molecule has 0 aliphatic carbocycles. The number of benzene rings is 1. The van der Waals surface area contributed by atoms with E-state index in [0.29, 0.717) is 19.5 Å². The number of amides is 4. The maximum absolute atomic E-state index is 15.5. The van der Waals surface area contributed by atoms with Gasteiger partial charge in [-0.1, -0.05) is 17.7 Å². The second-order valence-electron chi connectivity index (χ2n) is 14.4. The summed E-state index contributed by atoms with van der Waals surface area (Å²) in [6, 6.07) is 4.78. The summed E-state index contributed by atoms with van der Waals surface area (Å²) >= 11 is 6.22. The fourth-order valence-electron chi connectivity index (χ4n) is 6.55. The van der Waals surface area contributed by atoms with Crippen LogP contribution in [0, 0.1) is 18.7 Å². The van der Waals surface area contributed by atoms with Crippen molar-refractivity contribution in [2.45, 2.75) is 64.5 Å². The molecule has 2 saturated heterocycles. The summed E-state index contributed by atoms with van der Waals surface area (Å²) in [6.07, 6.45) is -3.81. The molecule has 288 valence electrons. The van der Waals surface area contributed by atoms with Crippen LogP contribution in [0.15, 0.2) is 41.4 Å². The van der Waals surface area contributed by atoms with Crippen molar-refractivity contribution in [1.82, 2.24) is 14.8 Å². The number of carbonyl (C=O) groups is 4. The maximum atomic E-state index is 15.5. The zero-order valence-corrected chi connectivity index (χ0v) is 31.1. The lowest BCUT2D eigenvalue weighted by molar-refractivity contribution is -0.140. The monoisotopic (exact) mass is 766 g/mol. The lowest BCUT2D eigenvalue weighted by Gasteiger charge is -2.40. The quantitative estimate of drug-likeness (QED) is 0.191. The number of alkyl halides is 3. The van der Waals surface area contributed by atoms with Crippen molar-refractivity contribution < 1.29 is 46.2 Å². The Hall–Kier alpha value is -4.44. The number of anilines is 3. The van der Waals surface area contributed by atoms with Crippen LogP contribution in [0.5, 0.6) is 0 Å². The average Bonchev–Trinajstić information content (AvgIpc) is 3.37. The first kappa shape index (κ1) is 39.8. The normalized spacial score (nSPS) is 19.8. The third-order valence-electron chi connectivity index (χ3n) is 9.14. The number of nitrogens with zero attached hydrogens (tertiary/aromatic N) is 6. The highest BCUT2D eigenvalue weighted by Gasteiger charge is 2.49. The molecule has 53 heavy (non-hydrogen) atoms. The minimum Gasteiger partial charge on any atom is -0.444 e. The van der Waals surface area contributed by atoms with Crippen molar-refractivity contribution in [2.24, 2.45) is 5.92 Å². The second-order valence-corrected chi connectivity index (χ2v) is 14.9. The Morgan fingerprint density at radius 3 is 2.47 bits per heavy atom. The van der Waals surface area contributed by atoms with E-state index in [1.807, 2.05) is 0 Å². The fourth-order valence-corrected chi connectivity index (χ4v) is 6.74. The molecule has 0 saturated carbocycles. The summed E-state index contributed by atoms with van der Waals surface area (Å²) < 4.78 is 67.9. The lowest BCUT2D eigenvalue weighted by atomic mass is 9.95. The fraction of sp³-hybridized carbons (Fsp3) is 0.528. The van der Waals surface area contributed by atoms with Crippen LogP contribution in [0.25, 0.3) is 0 Å². The summed E-state index contributed by atoms with van der Waals surface area (Å²) in [5, 5.41) is -0.0404. The van der Waals surface area contributed by atoms with Crippen LogP contribution in [-0.4, -0.2) is 110 Å².